The SMILES string of the molecule is Cc1cc(F)cc(C)c1S(=O)(=O)N(C)C(C)C(C)C. The molecule has 0 aliphatic carbocycles. The van der Waals surface area contributed by atoms with Crippen LogP contribution in [-0.4, -0.2) is 25.8 Å². The van der Waals surface area contributed by atoms with Crippen LogP contribution in [0.25, 0.3) is 0 Å². The molecule has 0 N–H and O–H groups in total. The van der Waals surface area contributed by atoms with Crippen molar-refractivity contribution in [2.24, 2.45) is 5.92 Å². The Balaban J connectivity index is 3.36. The Morgan fingerprint density at radius 1 is 1.11 bits per heavy atom. The summed E-state index contributed by atoms with van der Waals surface area (Å²) in [6, 6.07) is 2.40. The van der Waals surface area contributed by atoms with Gasteiger partial charge in [0.1, 0.15) is 5.82 Å². The van der Waals surface area contributed by atoms with E-state index in [9.17, 15) is 12.8 Å². The highest BCUT2D eigenvalue weighted by Crippen LogP contribution is 2.26. The first-order chi connectivity index (χ1) is 8.59. The van der Waals surface area contributed by atoms with Crippen LogP contribution in [0.1, 0.15) is 31.9 Å². The summed E-state index contributed by atoms with van der Waals surface area (Å²) in [6.45, 7) is 9.06. The number of sulfonamides is 1. The third-order valence-corrected chi connectivity index (χ3v) is 5.85. The van der Waals surface area contributed by atoms with Gasteiger partial charge in [-0.3, -0.25) is 0 Å². The van der Waals surface area contributed by atoms with Crippen molar-refractivity contribution in [2.75, 3.05) is 7.05 Å². The summed E-state index contributed by atoms with van der Waals surface area (Å²) in [7, 11) is -2.02. The molecule has 0 radical (unpaired) electrons. The molecule has 0 aromatic heterocycles. The largest absolute Gasteiger partial charge is 0.243 e. The molecule has 0 aliphatic heterocycles. The van der Waals surface area contributed by atoms with Crippen molar-refractivity contribution >= 4 is 10.0 Å². The van der Waals surface area contributed by atoms with Crippen molar-refractivity contribution < 1.29 is 12.8 Å². The number of nitrogens with zero attached hydrogens (tertiary/aromatic N) is 1. The minimum Gasteiger partial charge on any atom is -0.207 e. The zero-order chi connectivity index (χ0) is 15.0. The van der Waals surface area contributed by atoms with E-state index in [2.05, 4.69) is 0 Å². The second-order valence-corrected chi connectivity index (χ2v) is 7.31. The number of benzene rings is 1. The van der Waals surface area contributed by atoms with Gasteiger partial charge in [-0.05, 0) is 49.9 Å². The van der Waals surface area contributed by atoms with Crippen LogP contribution in [0, 0.1) is 25.6 Å². The van der Waals surface area contributed by atoms with E-state index in [1.807, 2.05) is 20.8 Å². The van der Waals surface area contributed by atoms with E-state index < -0.39 is 15.8 Å². The van der Waals surface area contributed by atoms with Gasteiger partial charge < -0.3 is 0 Å². The maximum atomic E-state index is 13.3. The summed E-state index contributed by atoms with van der Waals surface area (Å²) in [4.78, 5) is 0.212. The standard InChI is InChI=1S/C14H22FNO2S/c1-9(2)12(5)16(6)19(17,18)14-10(3)7-13(15)8-11(14)4/h7-9,12H,1-6H3. The van der Waals surface area contributed by atoms with Crippen LogP contribution in [0.15, 0.2) is 17.0 Å². The van der Waals surface area contributed by atoms with Gasteiger partial charge in [0, 0.05) is 13.1 Å². The molecule has 19 heavy (non-hydrogen) atoms. The van der Waals surface area contributed by atoms with Crippen LogP contribution in [-0.2, 0) is 10.0 Å². The van der Waals surface area contributed by atoms with Gasteiger partial charge in [0.05, 0.1) is 4.90 Å². The third kappa shape index (κ3) is 3.15. The second kappa shape index (κ2) is 5.59. The van der Waals surface area contributed by atoms with E-state index in [1.54, 1.807) is 20.9 Å². The summed E-state index contributed by atoms with van der Waals surface area (Å²) >= 11 is 0. The minimum atomic E-state index is -3.59. The first kappa shape index (κ1) is 16.1. The van der Waals surface area contributed by atoms with E-state index in [4.69, 9.17) is 0 Å². The van der Waals surface area contributed by atoms with E-state index in [0.29, 0.717) is 11.1 Å². The van der Waals surface area contributed by atoms with Crippen molar-refractivity contribution in [3.05, 3.63) is 29.1 Å². The molecule has 108 valence electrons. The van der Waals surface area contributed by atoms with Gasteiger partial charge in [0.15, 0.2) is 0 Å². The first-order valence-corrected chi connectivity index (χ1v) is 7.77. The van der Waals surface area contributed by atoms with Crippen LogP contribution in [0.3, 0.4) is 0 Å². The first-order valence-electron chi connectivity index (χ1n) is 6.33. The molecule has 3 nitrogen and oxygen atoms in total. The fraction of sp³-hybridized carbons (Fsp3) is 0.571. The molecule has 0 amide bonds. The zero-order valence-corrected chi connectivity index (χ0v) is 13.2. The van der Waals surface area contributed by atoms with Crippen LogP contribution in [0.2, 0.25) is 0 Å². The molecule has 0 saturated heterocycles. The Morgan fingerprint density at radius 2 is 1.53 bits per heavy atom. The van der Waals surface area contributed by atoms with Crippen LogP contribution < -0.4 is 0 Å². The third-order valence-electron chi connectivity index (χ3n) is 3.60. The maximum Gasteiger partial charge on any atom is 0.243 e. The summed E-state index contributed by atoms with van der Waals surface area (Å²) in [5, 5.41) is 0. The predicted octanol–water partition coefficient (Wildman–Crippen LogP) is 3.11. The Kier molecular flexibility index (Phi) is 4.74. The van der Waals surface area contributed by atoms with Crippen molar-refractivity contribution in [2.45, 2.75) is 45.6 Å². The van der Waals surface area contributed by atoms with Crippen molar-refractivity contribution in [1.29, 1.82) is 0 Å². The van der Waals surface area contributed by atoms with E-state index in [0.717, 1.165) is 0 Å². The fourth-order valence-electron chi connectivity index (χ4n) is 2.09. The smallest absolute Gasteiger partial charge is 0.207 e. The molecule has 0 heterocycles. The van der Waals surface area contributed by atoms with Gasteiger partial charge in [0.2, 0.25) is 10.0 Å². The number of halogens is 1. The summed E-state index contributed by atoms with van der Waals surface area (Å²) in [5.41, 5.74) is 0.889. The molecule has 1 atom stereocenters. The topological polar surface area (TPSA) is 37.4 Å². The normalized spacial score (nSPS) is 14.2. The Morgan fingerprint density at radius 3 is 1.89 bits per heavy atom. The second-order valence-electron chi connectivity index (χ2n) is 5.37. The van der Waals surface area contributed by atoms with Gasteiger partial charge in [-0.2, -0.15) is 4.31 Å². The Hall–Kier alpha value is -0.940. The number of hydrogen-bond donors (Lipinski definition) is 0. The van der Waals surface area contributed by atoms with E-state index in [-0.39, 0.29) is 16.9 Å². The maximum absolute atomic E-state index is 13.3. The molecule has 0 saturated carbocycles. The Labute approximate surface area is 115 Å². The van der Waals surface area contributed by atoms with E-state index in [1.165, 1.54) is 16.4 Å². The van der Waals surface area contributed by atoms with Crippen molar-refractivity contribution in [3.8, 4) is 0 Å². The quantitative estimate of drug-likeness (QED) is 0.853. The molecule has 1 unspecified atom stereocenters. The van der Waals surface area contributed by atoms with Crippen molar-refractivity contribution in [1.82, 2.24) is 4.31 Å². The average Bonchev–Trinajstić information content (AvgIpc) is 2.24. The molecule has 0 spiro atoms. The highest BCUT2D eigenvalue weighted by Gasteiger charge is 2.29. The molecular weight excluding hydrogens is 265 g/mol. The summed E-state index contributed by atoms with van der Waals surface area (Å²) < 4.78 is 39.9. The molecule has 1 aromatic carbocycles. The Bertz CT molecular complexity index is 544. The highest BCUT2D eigenvalue weighted by molar-refractivity contribution is 7.89. The summed E-state index contributed by atoms with van der Waals surface area (Å²) in [6.07, 6.45) is 0. The molecule has 5 heteroatoms. The number of aryl methyl sites for hydroxylation is 2. The van der Waals surface area contributed by atoms with Gasteiger partial charge in [-0.25, -0.2) is 12.8 Å². The molecular formula is C14H22FNO2S. The lowest BCUT2D eigenvalue weighted by molar-refractivity contribution is 0.315. The minimum absolute atomic E-state index is 0.117. The molecule has 1 aromatic rings. The molecule has 1 rings (SSSR count). The van der Waals surface area contributed by atoms with Gasteiger partial charge in [-0.1, -0.05) is 13.8 Å². The summed E-state index contributed by atoms with van der Waals surface area (Å²) in [5.74, 6) is -0.200. The lowest BCUT2D eigenvalue weighted by Gasteiger charge is -2.28. The fourth-order valence-corrected chi connectivity index (χ4v) is 3.99. The molecule has 0 fully saturated rings. The molecule has 0 aliphatic rings. The number of rotatable bonds is 4. The zero-order valence-electron chi connectivity index (χ0n) is 12.4. The van der Waals surface area contributed by atoms with Crippen LogP contribution in [0.4, 0.5) is 4.39 Å². The lowest BCUT2D eigenvalue weighted by Crippen LogP contribution is -2.38. The lowest BCUT2D eigenvalue weighted by atomic mass is 10.1. The van der Waals surface area contributed by atoms with E-state index >= 15 is 0 Å². The number of hydrogen-bond acceptors (Lipinski definition) is 2. The highest BCUT2D eigenvalue weighted by atomic mass is 32.2. The predicted molar refractivity (Wildman–Crippen MR) is 75.1 cm³/mol. The monoisotopic (exact) mass is 287 g/mol. The average molecular weight is 287 g/mol. The van der Waals surface area contributed by atoms with Gasteiger partial charge >= 0.3 is 0 Å². The van der Waals surface area contributed by atoms with Gasteiger partial charge in [-0.15, -0.1) is 0 Å². The molecule has 0 bridgehead atoms. The van der Waals surface area contributed by atoms with Crippen molar-refractivity contribution in [3.63, 3.8) is 0 Å². The van der Waals surface area contributed by atoms with Gasteiger partial charge in [0.25, 0.3) is 0 Å². The van der Waals surface area contributed by atoms with Crippen LogP contribution >= 0.6 is 0 Å². The van der Waals surface area contributed by atoms with Crippen LogP contribution in [0.5, 0.6) is 0 Å².